The minimum absolute atomic E-state index is 0.444. The number of carbonyl (C=O) groups excluding carboxylic acids is 1. The SMILES string of the molecule is C=C[Si](C=C)(CC)c1ccc(C(=O)OOCCCCCCCCC)cc1. The average molecular weight is 375 g/mol. The van der Waals surface area contributed by atoms with Crippen LogP contribution in [0.2, 0.25) is 6.04 Å². The van der Waals surface area contributed by atoms with Crippen LogP contribution in [0.5, 0.6) is 0 Å². The number of rotatable bonds is 14. The van der Waals surface area contributed by atoms with E-state index in [9.17, 15) is 4.79 Å². The van der Waals surface area contributed by atoms with E-state index in [4.69, 9.17) is 9.78 Å². The van der Waals surface area contributed by atoms with Gasteiger partial charge in [-0.3, -0.25) is 4.89 Å². The van der Waals surface area contributed by atoms with E-state index in [1.54, 1.807) is 12.1 Å². The van der Waals surface area contributed by atoms with E-state index in [1.165, 1.54) is 37.3 Å². The van der Waals surface area contributed by atoms with E-state index < -0.39 is 14.0 Å². The van der Waals surface area contributed by atoms with Crippen LogP contribution in [-0.2, 0) is 9.78 Å². The Morgan fingerprint density at radius 1 is 0.962 bits per heavy atom. The molecule has 26 heavy (non-hydrogen) atoms. The number of benzene rings is 1. The highest BCUT2D eigenvalue weighted by atomic mass is 28.3. The summed E-state index contributed by atoms with van der Waals surface area (Å²) in [6, 6.07) is 8.54. The molecule has 0 saturated heterocycles. The molecule has 0 bridgehead atoms. The summed E-state index contributed by atoms with van der Waals surface area (Å²) in [5.74, 6) is -0.444. The lowest BCUT2D eigenvalue weighted by Crippen LogP contribution is -2.43. The van der Waals surface area contributed by atoms with Crippen molar-refractivity contribution < 1.29 is 14.6 Å². The Hall–Kier alpha value is -1.65. The van der Waals surface area contributed by atoms with Crippen LogP contribution in [0.4, 0.5) is 0 Å². The molecule has 0 amide bonds. The Morgan fingerprint density at radius 2 is 1.54 bits per heavy atom. The van der Waals surface area contributed by atoms with Crippen molar-refractivity contribution in [1.29, 1.82) is 0 Å². The number of hydrogen-bond acceptors (Lipinski definition) is 3. The summed E-state index contributed by atoms with van der Waals surface area (Å²) in [7, 11) is -1.86. The van der Waals surface area contributed by atoms with Crippen LogP contribution in [0.25, 0.3) is 0 Å². The average Bonchev–Trinajstić information content (AvgIpc) is 2.69. The molecule has 0 unspecified atom stereocenters. The van der Waals surface area contributed by atoms with Crippen molar-refractivity contribution in [1.82, 2.24) is 0 Å². The van der Waals surface area contributed by atoms with Gasteiger partial charge in [0, 0.05) is 0 Å². The first-order valence-electron chi connectivity index (χ1n) is 9.85. The van der Waals surface area contributed by atoms with Gasteiger partial charge in [0.25, 0.3) is 0 Å². The number of carbonyl (C=O) groups is 1. The van der Waals surface area contributed by atoms with Crippen molar-refractivity contribution in [2.75, 3.05) is 6.61 Å². The third kappa shape index (κ3) is 6.93. The Labute approximate surface area is 160 Å². The Morgan fingerprint density at radius 3 is 2.08 bits per heavy atom. The van der Waals surface area contributed by atoms with E-state index in [0.29, 0.717) is 12.2 Å². The van der Waals surface area contributed by atoms with Crippen molar-refractivity contribution in [2.24, 2.45) is 0 Å². The predicted molar refractivity (Wildman–Crippen MR) is 112 cm³/mol. The third-order valence-corrected chi connectivity index (χ3v) is 8.97. The van der Waals surface area contributed by atoms with Gasteiger partial charge in [0.2, 0.25) is 0 Å². The Kier molecular flexibility index (Phi) is 10.9. The zero-order valence-electron chi connectivity index (χ0n) is 16.5. The van der Waals surface area contributed by atoms with Crippen LogP contribution in [0.15, 0.2) is 48.8 Å². The molecule has 4 heteroatoms. The quantitative estimate of drug-likeness (QED) is 0.183. The topological polar surface area (TPSA) is 35.5 Å². The molecule has 0 atom stereocenters. The lowest BCUT2D eigenvalue weighted by Gasteiger charge is -2.23. The molecule has 0 saturated carbocycles. The monoisotopic (exact) mass is 374 g/mol. The van der Waals surface area contributed by atoms with Crippen LogP contribution in [0, 0.1) is 0 Å². The largest absolute Gasteiger partial charge is 0.373 e. The fraction of sp³-hybridized carbons (Fsp3) is 0.500. The van der Waals surface area contributed by atoms with Gasteiger partial charge in [-0.2, -0.15) is 4.89 Å². The highest BCUT2D eigenvalue weighted by Crippen LogP contribution is 2.14. The second-order valence-electron chi connectivity index (χ2n) is 6.69. The molecule has 3 nitrogen and oxygen atoms in total. The summed E-state index contributed by atoms with van der Waals surface area (Å²) in [6.07, 6.45) is 8.41. The molecule has 0 fully saturated rings. The van der Waals surface area contributed by atoms with Crippen LogP contribution in [0.1, 0.15) is 69.2 Å². The zero-order chi connectivity index (χ0) is 19.3. The van der Waals surface area contributed by atoms with Gasteiger partial charge in [-0.05, 0) is 24.6 Å². The Bertz CT molecular complexity index is 543. The molecular weight excluding hydrogens is 340 g/mol. The van der Waals surface area contributed by atoms with E-state index in [2.05, 4.69) is 27.0 Å². The maximum absolute atomic E-state index is 12.0. The molecule has 1 aromatic carbocycles. The second kappa shape index (κ2) is 12.7. The fourth-order valence-electron chi connectivity index (χ4n) is 2.99. The van der Waals surface area contributed by atoms with E-state index in [0.717, 1.165) is 18.9 Å². The molecule has 0 aromatic heterocycles. The molecule has 0 aliphatic carbocycles. The standard InChI is InChI=1S/C22H34O3Si/c1-5-9-10-11-12-13-14-19-24-25-22(23)20-15-17-21(18-16-20)26(6-2,7-3)8-4/h6-7,15-18H,2-3,5,8-14,19H2,1,4H3. The van der Waals surface area contributed by atoms with Gasteiger partial charge in [-0.1, -0.05) is 81.1 Å². The van der Waals surface area contributed by atoms with Gasteiger partial charge in [0.15, 0.2) is 0 Å². The Balaban J connectivity index is 2.35. The summed E-state index contributed by atoms with van der Waals surface area (Å²) < 4.78 is 0. The van der Waals surface area contributed by atoms with Crippen LogP contribution >= 0.6 is 0 Å². The van der Waals surface area contributed by atoms with Crippen molar-refractivity contribution >= 4 is 19.2 Å². The number of hydrogen-bond donors (Lipinski definition) is 0. The van der Waals surface area contributed by atoms with Crippen LogP contribution in [-0.4, -0.2) is 20.7 Å². The molecular formula is C22H34O3Si. The third-order valence-electron chi connectivity index (χ3n) is 4.94. The summed E-state index contributed by atoms with van der Waals surface area (Å²) in [5.41, 5.74) is 4.55. The van der Waals surface area contributed by atoms with Gasteiger partial charge in [0.1, 0.15) is 8.07 Å². The molecule has 0 spiro atoms. The maximum atomic E-state index is 12.0. The first-order chi connectivity index (χ1) is 12.6. The van der Waals surface area contributed by atoms with E-state index in [-0.39, 0.29) is 0 Å². The van der Waals surface area contributed by atoms with Crippen molar-refractivity contribution in [3.05, 3.63) is 54.4 Å². The minimum Gasteiger partial charge on any atom is -0.293 e. The fourth-order valence-corrected chi connectivity index (χ4v) is 5.40. The van der Waals surface area contributed by atoms with Crippen molar-refractivity contribution in [2.45, 2.75) is 64.8 Å². The molecule has 0 N–H and O–H groups in total. The van der Waals surface area contributed by atoms with Gasteiger partial charge in [-0.25, -0.2) is 4.79 Å². The summed E-state index contributed by atoms with van der Waals surface area (Å²) in [5, 5.41) is 1.20. The molecule has 0 aliphatic heterocycles. The van der Waals surface area contributed by atoms with Crippen LogP contribution in [0.3, 0.4) is 0 Å². The minimum atomic E-state index is -1.86. The van der Waals surface area contributed by atoms with Gasteiger partial charge in [0.05, 0.1) is 12.2 Å². The lowest BCUT2D eigenvalue weighted by atomic mass is 10.1. The molecule has 0 aliphatic rings. The van der Waals surface area contributed by atoms with E-state index >= 15 is 0 Å². The molecule has 0 radical (unpaired) electrons. The maximum Gasteiger partial charge on any atom is 0.373 e. The molecule has 0 heterocycles. The summed E-state index contributed by atoms with van der Waals surface area (Å²) in [6.45, 7) is 12.8. The van der Waals surface area contributed by atoms with Crippen molar-refractivity contribution in [3.63, 3.8) is 0 Å². The zero-order valence-corrected chi connectivity index (χ0v) is 17.5. The first kappa shape index (κ1) is 22.4. The normalized spacial score (nSPS) is 11.2. The van der Waals surface area contributed by atoms with Gasteiger partial charge < -0.3 is 0 Å². The van der Waals surface area contributed by atoms with E-state index in [1.807, 2.05) is 23.5 Å². The summed E-state index contributed by atoms with van der Waals surface area (Å²) in [4.78, 5) is 22.0. The molecule has 1 aromatic rings. The number of unbranched alkanes of at least 4 members (excludes halogenated alkanes) is 6. The van der Waals surface area contributed by atoms with Crippen molar-refractivity contribution in [3.8, 4) is 0 Å². The highest BCUT2D eigenvalue weighted by molar-refractivity contribution is 6.99. The van der Waals surface area contributed by atoms with Crippen LogP contribution < -0.4 is 5.19 Å². The highest BCUT2D eigenvalue weighted by Gasteiger charge is 2.26. The summed E-state index contributed by atoms with van der Waals surface area (Å²) >= 11 is 0. The predicted octanol–water partition coefficient (Wildman–Crippen LogP) is 5.65. The molecule has 1 rings (SSSR count). The van der Waals surface area contributed by atoms with Gasteiger partial charge >= 0.3 is 5.97 Å². The van der Waals surface area contributed by atoms with Gasteiger partial charge in [-0.15, -0.1) is 13.2 Å². The smallest absolute Gasteiger partial charge is 0.293 e. The molecule has 144 valence electrons. The first-order valence-corrected chi connectivity index (χ1v) is 12.2. The second-order valence-corrected chi connectivity index (χ2v) is 10.9. The lowest BCUT2D eigenvalue weighted by molar-refractivity contribution is -0.241.